The van der Waals surface area contributed by atoms with Gasteiger partial charge < -0.3 is 4.90 Å². The van der Waals surface area contributed by atoms with Gasteiger partial charge in [0.1, 0.15) is 0 Å². The molecule has 0 amide bonds. The summed E-state index contributed by atoms with van der Waals surface area (Å²) in [6, 6.07) is 9.20. The second kappa shape index (κ2) is 9.29. The van der Waals surface area contributed by atoms with Gasteiger partial charge in [0.15, 0.2) is 0 Å². The zero-order valence-corrected chi connectivity index (χ0v) is 17.2. The van der Waals surface area contributed by atoms with E-state index in [2.05, 4.69) is 4.90 Å². The van der Waals surface area contributed by atoms with Gasteiger partial charge in [-0.1, -0.05) is 32.0 Å². The zero-order chi connectivity index (χ0) is 21.8. The van der Waals surface area contributed by atoms with Crippen molar-refractivity contribution in [3.63, 3.8) is 0 Å². The number of hydrogen-bond acceptors (Lipinski definition) is 3. The lowest BCUT2D eigenvalue weighted by molar-refractivity contribution is -0.386. The predicted octanol–water partition coefficient (Wildman–Crippen LogP) is 6.64. The molecule has 0 spiro atoms. The van der Waals surface area contributed by atoms with E-state index in [4.69, 9.17) is 0 Å². The number of nitrogens with zero attached hydrogens (tertiary/aromatic N) is 2. The largest absolute Gasteiger partial charge is 0.416 e. The Morgan fingerprint density at radius 3 is 2.07 bits per heavy atom. The lowest BCUT2D eigenvalue weighted by Crippen LogP contribution is -2.33. The fourth-order valence-corrected chi connectivity index (χ4v) is 3.84. The Hall–Kier alpha value is -2.57. The predicted molar refractivity (Wildman–Crippen MR) is 110 cm³/mol. The van der Waals surface area contributed by atoms with Crippen LogP contribution in [-0.2, 0) is 6.18 Å². The van der Waals surface area contributed by atoms with Gasteiger partial charge in [0.25, 0.3) is 5.69 Å². The molecule has 1 heterocycles. The Morgan fingerprint density at radius 1 is 1.03 bits per heavy atom. The van der Waals surface area contributed by atoms with Gasteiger partial charge >= 0.3 is 6.18 Å². The minimum Gasteiger partial charge on any atom is -0.371 e. The molecule has 2 aromatic carbocycles. The number of nitro groups is 1. The molecule has 0 N–H and O–H groups in total. The van der Waals surface area contributed by atoms with Crippen LogP contribution in [-0.4, -0.2) is 18.0 Å². The van der Waals surface area contributed by atoms with Crippen LogP contribution in [0.4, 0.5) is 24.5 Å². The van der Waals surface area contributed by atoms with E-state index < -0.39 is 11.7 Å². The number of rotatable bonds is 3. The third-order valence-electron chi connectivity index (χ3n) is 5.20. The lowest BCUT2D eigenvalue weighted by atomic mass is 9.88. The van der Waals surface area contributed by atoms with E-state index in [0.29, 0.717) is 24.2 Å². The first-order valence-electron chi connectivity index (χ1n) is 9.84. The van der Waals surface area contributed by atoms with E-state index in [0.717, 1.165) is 30.2 Å². The van der Waals surface area contributed by atoms with Gasteiger partial charge in [0, 0.05) is 29.9 Å². The lowest BCUT2D eigenvalue weighted by Gasteiger charge is -2.34. The second-order valence-corrected chi connectivity index (χ2v) is 7.07. The fourth-order valence-electron chi connectivity index (χ4n) is 3.84. The van der Waals surface area contributed by atoms with Crippen molar-refractivity contribution in [2.24, 2.45) is 0 Å². The van der Waals surface area contributed by atoms with Crippen molar-refractivity contribution in [2.45, 2.75) is 52.6 Å². The van der Waals surface area contributed by atoms with E-state index in [1.807, 2.05) is 26.0 Å². The summed E-state index contributed by atoms with van der Waals surface area (Å²) in [7, 11) is 0. The van der Waals surface area contributed by atoms with Crippen molar-refractivity contribution in [3.05, 3.63) is 68.8 Å². The molecule has 2 aromatic rings. The molecule has 4 nitrogen and oxygen atoms in total. The van der Waals surface area contributed by atoms with Crippen LogP contribution >= 0.6 is 0 Å². The highest BCUT2D eigenvalue weighted by Crippen LogP contribution is 2.36. The van der Waals surface area contributed by atoms with Gasteiger partial charge in [0.05, 0.1) is 10.5 Å². The summed E-state index contributed by atoms with van der Waals surface area (Å²) in [6.45, 7) is 8.86. The van der Waals surface area contributed by atoms with E-state index in [1.165, 1.54) is 12.1 Å². The van der Waals surface area contributed by atoms with Crippen LogP contribution in [0.5, 0.6) is 0 Å². The van der Waals surface area contributed by atoms with E-state index in [9.17, 15) is 23.3 Å². The summed E-state index contributed by atoms with van der Waals surface area (Å²) < 4.78 is 38.8. The van der Waals surface area contributed by atoms with Crippen molar-refractivity contribution in [2.75, 3.05) is 18.0 Å². The molecule has 158 valence electrons. The molecular weight excluding hydrogens is 381 g/mol. The SMILES string of the molecule is CC.Cc1cc(N2CCC(c3cccc(C(F)(F)F)c3)CC2)cc(C)c1[N+](=O)[O-]. The highest BCUT2D eigenvalue weighted by Gasteiger charge is 2.31. The molecule has 0 unspecified atom stereocenters. The molecule has 1 saturated heterocycles. The van der Waals surface area contributed by atoms with Crippen LogP contribution in [0.2, 0.25) is 0 Å². The first kappa shape index (κ1) is 22.7. The molecule has 0 radical (unpaired) electrons. The summed E-state index contributed by atoms with van der Waals surface area (Å²) in [4.78, 5) is 12.9. The molecule has 0 bridgehead atoms. The van der Waals surface area contributed by atoms with Crippen molar-refractivity contribution in [3.8, 4) is 0 Å². The number of anilines is 1. The van der Waals surface area contributed by atoms with Crippen LogP contribution in [0.25, 0.3) is 0 Å². The summed E-state index contributed by atoms with van der Waals surface area (Å²) >= 11 is 0. The molecule has 0 aliphatic carbocycles. The molecule has 0 aromatic heterocycles. The monoisotopic (exact) mass is 408 g/mol. The smallest absolute Gasteiger partial charge is 0.371 e. The number of piperidine rings is 1. The van der Waals surface area contributed by atoms with Gasteiger partial charge in [-0.3, -0.25) is 10.1 Å². The molecule has 1 aliphatic rings. The summed E-state index contributed by atoms with van der Waals surface area (Å²) in [5.74, 6) is 0.0868. The van der Waals surface area contributed by atoms with Crippen molar-refractivity contribution in [1.29, 1.82) is 0 Å². The molecule has 29 heavy (non-hydrogen) atoms. The minimum atomic E-state index is -4.33. The van der Waals surface area contributed by atoms with Gasteiger partial charge in [-0.2, -0.15) is 13.2 Å². The van der Waals surface area contributed by atoms with E-state index in [-0.39, 0.29) is 16.5 Å². The number of nitro benzene ring substituents is 1. The first-order chi connectivity index (χ1) is 13.7. The Kier molecular flexibility index (Phi) is 7.27. The fraction of sp³-hybridized carbons (Fsp3) is 0.455. The highest BCUT2D eigenvalue weighted by molar-refractivity contribution is 5.60. The molecule has 0 atom stereocenters. The maximum Gasteiger partial charge on any atom is 0.416 e. The third-order valence-corrected chi connectivity index (χ3v) is 5.20. The summed E-state index contributed by atoms with van der Waals surface area (Å²) in [5.41, 5.74) is 2.42. The molecule has 1 fully saturated rings. The Morgan fingerprint density at radius 2 is 1.59 bits per heavy atom. The highest BCUT2D eigenvalue weighted by atomic mass is 19.4. The maximum atomic E-state index is 12.9. The molecule has 1 aliphatic heterocycles. The van der Waals surface area contributed by atoms with Gasteiger partial charge in [-0.25, -0.2) is 0 Å². The van der Waals surface area contributed by atoms with Crippen LogP contribution < -0.4 is 4.90 Å². The van der Waals surface area contributed by atoms with Crippen molar-refractivity contribution < 1.29 is 18.1 Å². The topological polar surface area (TPSA) is 46.4 Å². The zero-order valence-electron chi connectivity index (χ0n) is 17.2. The standard InChI is InChI=1S/C20H21F3N2O2.C2H6/c1-13-10-18(11-14(2)19(13)25(26)27)24-8-6-15(7-9-24)16-4-3-5-17(12-16)20(21,22)23;1-2/h3-5,10-12,15H,6-9H2,1-2H3;1-2H3. The maximum absolute atomic E-state index is 12.9. The molecule has 7 heteroatoms. The second-order valence-electron chi connectivity index (χ2n) is 7.07. The van der Waals surface area contributed by atoms with E-state index in [1.54, 1.807) is 19.9 Å². The Labute approximate surface area is 169 Å². The molecule has 0 saturated carbocycles. The van der Waals surface area contributed by atoms with Crippen molar-refractivity contribution >= 4 is 11.4 Å². The summed E-state index contributed by atoms with van der Waals surface area (Å²) in [5, 5.41) is 11.1. The first-order valence-corrected chi connectivity index (χ1v) is 9.84. The normalized spacial score (nSPS) is 14.9. The van der Waals surface area contributed by atoms with Gasteiger partial charge in [-0.15, -0.1) is 0 Å². The number of aryl methyl sites for hydroxylation is 2. The quantitative estimate of drug-likeness (QED) is 0.422. The van der Waals surface area contributed by atoms with Crippen molar-refractivity contribution in [1.82, 2.24) is 0 Å². The van der Waals surface area contributed by atoms with Crippen LogP contribution in [0.1, 0.15) is 54.9 Å². The van der Waals surface area contributed by atoms with Crippen LogP contribution in [0, 0.1) is 24.0 Å². The van der Waals surface area contributed by atoms with E-state index >= 15 is 0 Å². The van der Waals surface area contributed by atoms with Gasteiger partial charge in [-0.05, 0) is 56.4 Å². The summed E-state index contributed by atoms with van der Waals surface area (Å²) in [6.07, 6.45) is -2.84. The Bertz CT molecular complexity index is 834. The number of halogens is 3. The minimum absolute atomic E-state index is 0.0868. The molecule has 3 rings (SSSR count). The average molecular weight is 408 g/mol. The van der Waals surface area contributed by atoms with Crippen LogP contribution in [0.15, 0.2) is 36.4 Å². The Balaban J connectivity index is 0.00000145. The average Bonchev–Trinajstić information content (AvgIpc) is 2.68. The van der Waals surface area contributed by atoms with Crippen LogP contribution in [0.3, 0.4) is 0 Å². The number of alkyl halides is 3. The molecular formula is C22H27F3N2O2. The number of hydrogen-bond donors (Lipinski definition) is 0. The number of benzene rings is 2. The third kappa shape index (κ3) is 5.28. The van der Waals surface area contributed by atoms with Gasteiger partial charge in [0.2, 0.25) is 0 Å².